The molecule has 0 saturated carbocycles. The molecule has 3 saturated heterocycles. The number of likely N-dealkylation sites (tertiary alicyclic amines) is 1. The highest BCUT2D eigenvalue weighted by Crippen LogP contribution is 2.65. The minimum Gasteiger partial charge on any atom is -0.395 e. The molecule has 2 bridgehead atoms. The molecular weight excluding hydrogens is 398 g/mol. The number of anilines is 1. The van der Waals surface area contributed by atoms with E-state index in [0.29, 0.717) is 12.1 Å². The third-order valence-corrected chi connectivity index (χ3v) is 7.66. The minimum absolute atomic E-state index is 0.0107. The monoisotopic (exact) mass is 429 g/mol. The second-order valence-corrected chi connectivity index (χ2v) is 9.33. The van der Waals surface area contributed by atoms with E-state index in [1.807, 2.05) is 45.9 Å². The average Bonchev–Trinajstić information content (AvgIpc) is 3.22. The van der Waals surface area contributed by atoms with Crippen LogP contribution in [0.5, 0.6) is 0 Å². The number of ether oxygens (including phenoxy) is 1. The summed E-state index contributed by atoms with van der Waals surface area (Å²) in [5, 5.41) is 15.3. The molecule has 1 aromatic rings. The van der Waals surface area contributed by atoms with Crippen LogP contribution in [0, 0.1) is 31.6 Å². The summed E-state index contributed by atoms with van der Waals surface area (Å²) in [4.78, 5) is 41.4. The third-order valence-electron chi connectivity index (χ3n) is 7.66. The summed E-state index contributed by atoms with van der Waals surface area (Å²) in [5.41, 5.74) is 0.612. The van der Waals surface area contributed by atoms with Gasteiger partial charge in [0.1, 0.15) is 11.6 Å². The van der Waals surface area contributed by atoms with Gasteiger partial charge in [0.2, 0.25) is 17.7 Å². The number of nitrogens with zero attached hydrogens (tertiary/aromatic N) is 1. The molecule has 3 heterocycles. The van der Waals surface area contributed by atoms with Crippen molar-refractivity contribution in [2.75, 3.05) is 25.5 Å². The molecule has 0 aromatic heterocycles. The van der Waals surface area contributed by atoms with Crippen LogP contribution in [0.1, 0.15) is 31.4 Å². The van der Waals surface area contributed by atoms with Crippen molar-refractivity contribution in [1.29, 1.82) is 0 Å². The number of benzene rings is 1. The summed E-state index contributed by atoms with van der Waals surface area (Å²) in [7, 11) is 1.55. The molecule has 168 valence electrons. The van der Waals surface area contributed by atoms with Gasteiger partial charge in [-0.25, -0.2) is 0 Å². The standard InChI is InChI=1S/C23H31N3O5/c1-12-7-6-8-13(2)17(12)25-20(29)18-23-11-14(3)22(4,31-23)15(19(28)24-5)16(23)21(30)26(18)9-10-27/h6-8,14-16,18,27H,9-11H2,1-5H3,(H,24,28)(H,25,29)/t14?,15-,16+,18?,22+,23?/m1/s1. The topological polar surface area (TPSA) is 108 Å². The number of carbonyl (C=O) groups is 3. The molecule has 0 radical (unpaired) electrons. The predicted octanol–water partition coefficient (Wildman–Crippen LogP) is 0.991. The fourth-order valence-electron chi connectivity index (χ4n) is 6.15. The van der Waals surface area contributed by atoms with Crippen LogP contribution in [-0.4, -0.2) is 65.2 Å². The third kappa shape index (κ3) is 2.84. The van der Waals surface area contributed by atoms with Crippen LogP contribution in [0.2, 0.25) is 0 Å². The summed E-state index contributed by atoms with van der Waals surface area (Å²) in [6, 6.07) is 4.83. The summed E-state index contributed by atoms with van der Waals surface area (Å²) in [5.74, 6) is -2.37. The Kier molecular flexibility index (Phi) is 5.13. The van der Waals surface area contributed by atoms with E-state index in [1.54, 1.807) is 7.05 Å². The van der Waals surface area contributed by atoms with Gasteiger partial charge < -0.3 is 25.4 Å². The highest BCUT2D eigenvalue weighted by atomic mass is 16.5. The Bertz CT molecular complexity index is 929. The zero-order valence-electron chi connectivity index (χ0n) is 18.7. The van der Waals surface area contributed by atoms with Crippen molar-refractivity contribution < 1.29 is 24.2 Å². The molecule has 31 heavy (non-hydrogen) atoms. The van der Waals surface area contributed by atoms with Gasteiger partial charge in [0.15, 0.2) is 0 Å². The molecular formula is C23H31N3O5. The van der Waals surface area contributed by atoms with Gasteiger partial charge in [-0.3, -0.25) is 14.4 Å². The fourth-order valence-corrected chi connectivity index (χ4v) is 6.15. The van der Waals surface area contributed by atoms with Gasteiger partial charge in [-0.2, -0.15) is 0 Å². The highest BCUT2D eigenvalue weighted by molar-refractivity contribution is 6.04. The van der Waals surface area contributed by atoms with E-state index in [-0.39, 0.29) is 36.8 Å². The zero-order valence-corrected chi connectivity index (χ0v) is 18.7. The Balaban J connectivity index is 1.79. The number of hydrogen-bond donors (Lipinski definition) is 3. The molecule has 8 nitrogen and oxygen atoms in total. The maximum absolute atomic E-state index is 13.7. The number of aryl methyl sites for hydroxylation is 2. The van der Waals surface area contributed by atoms with Gasteiger partial charge in [0, 0.05) is 19.3 Å². The van der Waals surface area contributed by atoms with Gasteiger partial charge in [-0.15, -0.1) is 0 Å². The number of rotatable bonds is 5. The van der Waals surface area contributed by atoms with Gasteiger partial charge in [0.05, 0.1) is 24.0 Å². The van der Waals surface area contributed by atoms with Crippen LogP contribution >= 0.6 is 0 Å². The maximum Gasteiger partial charge on any atom is 0.250 e. The first kappa shape index (κ1) is 21.8. The predicted molar refractivity (Wildman–Crippen MR) is 114 cm³/mol. The van der Waals surface area contributed by atoms with Crippen molar-refractivity contribution in [3.8, 4) is 0 Å². The van der Waals surface area contributed by atoms with Gasteiger partial charge in [-0.1, -0.05) is 25.1 Å². The first-order valence-electron chi connectivity index (χ1n) is 10.8. The van der Waals surface area contributed by atoms with E-state index in [2.05, 4.69) is 10.6 Å². The van der Waals surface area contributed by atoms with E-state index in [1.165, 1.54) is 4.90 Å². The number of para-hydroxylation sites is 1. The van der Waals surface area contributed by atoms with Crippen molar-refractivity contribution in [1.82, 2.24) is 10.2 Å². The fraction of sp³-hybridized carbons (Fsp3) is 0.609. The molecule has 3 amide bonds. The molecule has 3 fully saturated rings. The molecule has 4 rings (SSSR count). The van der Waals surface area contributed by atoms with Crippen molar-refractivity contribution >= 4 is 23.4 Å². The number of carbonyl (C=O) groups excluding carboxylic acids is 3. The maximum atomic E-state index is 13.7. The quantitative estimate of drug-likeness (QED) is 0.647. The average molecular weight is 430 g/mol. The molecule has 3 N–H and O–H groups in total. The first-order chi connectivity index (χ1) is 14.6. The summed E-state index contributed by atoms with van der Waals surface area (Å²) in [6.07, 6.45) is 0.500. The van der Waals surface area contributed by atoms with Gasteiger partial charge in [-0.05, 0) is 44.2 Å². The molecule has 3 aliphatic rings. The Morgan fingerprint density at radius 1 is 1.26 bits per heavy atom. The van der Waals surface area contributed by atoms with Crippen LogP contribution in [0.3, 0.4) is 0 Å². The SMILES string of the molecule is CNC(=O)[C@H]1[C@H]2C(=O)N(CCO)C(C(=O)Nc3c(C)cccc3C)C23CC(C)[C@]1(C)O3. The Labute approximate surface area is 182 Å². The Morgan fingerprint density at radius 3 is 2.48 bits per heavy atom. The number of fused-ring (bicyclic) bond motifs is 1. The summed E-state index contributed by atoms with van der Waals surface area (Å²) >= 11 is 0. The van der Waals surface area contributed by atoms with Crippen LogP contribution < -0.4 is 10.6 Å². The molecule has 1 spiro atoms. The minimum atomic E-state index is -1.10. The van der Waals surface area contributed by atoms with Crippen LogP contribution in [0.25, 0.3) is 0 Å². The van der Waals surface area contributed by atoms with Gasteiger partial charge >= 0.3 is 0 Å². The van der Waals surface area contributed by atoms with E-state index in [9.17, 15) is 19.5 Å². The molecule has 3 unspecified atom stereocenters. The van der Waals surface area contributed by atoms with Crippen molar-refractivity contribution in [3.05, 3.63) is 29.3 Å². The first-order valence-corrected chi connectivity index (χ1v) is 10.8. The normalized spacial score (nSPS) is 35.9. The van der Waals surface area contributed by atoms with Crippen LogP contribution in [0.4, 0.5) is 5.69 Å². The Hall–Kier alpha value is -2.45. The van der Waals surface area contributed by atoms with Crippen LogP contribution in [-0.2, 0) is 19.1 Å². The highest BCUT2D eigenvalue weighted by Gasteiger charge is 2.79. The van der Waals surface area contributed by atoms with Crippen molar-refractivity contribution in [2.24, 2.45) is 17.8 Å². The lowest BCUT2D eigenvalue weighted by molar-refractivity contribution is -0.146. The number of hydrogen-bond acceptors (Lipinski definition) is 5. The number of aliphatic hydroxyl groups excluding tert-OH is 1. The molecule has 6 atom stereocenters. The Morgan fingerprint density at radius 2 is 1.90 bits per heavy atom. The number of nitrogens with one attached hydrogen (secondary N) is 2. The molecule has 1 aromatic carbocycles. The van der Waals surface area contributed by atoms with Gasteiger partial charge in [0.25, 0.3) is 0 Å². The lowest BCUT2D eigenvalue weighted by atomic mass is 9.62. The van der Waals surface area contributed by atoms with E-state index in [4.69, 9.17) is 4.74 Å². The smallest absolute Gasteiger partial charge is 0.250 e. The van der Waals surface area contributed by atoms with E-state index < -0.39 is 29.1 Å². The molecule has 0 aliphatic carbocycles. The number of aliphatic hydroxyl groups is 1. The lowest BCUT2D eigenvalue weighted by Gasteiger charge is -2.36. The zero-order chi connectivity index (χ0) is 22.7. The van der Waals surface area contributed by atoms with Crippen LogP contribution in [0.15, 0.2) is 18.2 Å². The molecule has 3 aliphatic heterocycles. The van der Waals surface area contributed by atoms with E-state index in [0.717, 1.165) is 11.1 Å². The summed E-state index contributed by atoms with van der Waals surface area (Å²) < 4.78 is 6.53. The van der Waals surface area contributed by atoms with E-state index >= 15 is 0 Å². The molecule has 8 heteroatoms. The lowest BCUT2D eigenvalue weighted by Crippen LogP contribution is -2.54. The van der Waals surface area contributed by atoms with Crippen molar-refractivity contribution in [3.63, 3.8) is 0 Å². The second-order valence-electron chi connectivity index (χ2n) is 9.33. The summed E-state index contributed by atoms with van der Waals surface area (Å²) in [6.45, 7) is 7.43. The number of amides is 3. The second kappa shape index (κ2) is 7.31. The largest absolute Gasteiger partial charge is 0.395 e. The number of β-amino-alcohol motifs (C(OH)–C–C–N with tert-alkyl or cyclic N) is 1. The van der Waals surface area contributed by atoms with Crippen molar-refractivity contribution in [2.45, 2.75) is 51.4 Å².